The van der Waals surface area contributed by atoms with Gasteiger partial charge in [0.05, 0.1) is 10.5 Å². The lowest BCUT2D eigenvalue weighted by molar-refractivity contribution is 0.962. The van der Waals surface area contributed by atoms with E-state index in [0.717, 1.165) is 40.6 Å². The second-order valence-electron chi connectivity index (χ2n) is 4.20. The molecule has 0 fully saturated rings. The van der Waals surface area contributed by atoms with E-state index in [1.54, 1.807) is 0 Å². The van der Waals surface area contributed by atoms with Crippen LogP contribution in [0.2, 0.25) is 5.02 Å². The molecule has 0 spiro atoms. The van der Waals surface area contributed by atoms with Crippen LogP contribution in [0, 0.1) is 0 Å². The SMILES string of the molecule is CCCNc1nc2c(Cl)ccc(Br)c2cc1CC. The number of hydrogen-bond acceptors (Lipinski definition) is 2. The van der Waals surface area contributed by atoms with E-state index in [-0.39, 0.29) is 0 Å². The largest absolute Gasteiger partial charge is 0.370 e. The van der Waals surface area contributed by atoms with Crippen molar-refractivity contribution in [3.05, 3.63) is 33.3 Å². The maximum absolute atomic E-state index is 6.22. The Morgan fingerprint density at radius 3 is 2.78 bits per heavy atom. The molecule has 96 valence electrons. The van der Waals surface area contributed by atoms with Crippen LogP contribution in [-0.2, 0) is 6.42 Å². The fraction of sp³-hybridized carbons (Fsp3) is 0.357. The van der Waals surface area contributed by atoms with Gasteiger partial charge in [-0.15, -0.1) is 0 Å². The number of aromatic nitrogens is 1. The molecule has 0 aliphatic carbocycles. The minimum atomic E-state index is 0.690. The minimum Gasteiger partial charge on any atom is -0.370 e. The predicted octanol–water partition coefficient (Wildman–Crippen LogP) is 5.04. The van der Waals surface area contributed by atoms with Gasteiger partial charge < -0.3 is 5.32 Å². The topological polar surface area (TPSA) is 24.9 Å². The van der Waals surface area contributed by atoms with Crippen molar-refractivity contribution in [2.75, 3.05) is 11.9 Å². The molecule has 1 heterocycles. The van der Waals surface area contributed by atoms with E-state index < -0.39 is 0 Å². The second-order valence-corrected chi connectivity index (χ2v) is 5.46. The molecular weight excluding hydrogens is 312 g/mol. The van der Waals surface area contributed by atoms with Crippen molar-refractivity contribution in [1.29, 1.82) is 0 Å². The number of benzene rings is 1. The van der Waals surface area contributed by atoms with Crippen LogP contribution >= 0.6 is 27.5 Å². The molecule has 0 aliphatic rings. The number of rotatable bonds is 4. The Labute approximate surface area is 121 Å². The molecule has 0 saturated heterocycles. The lowest BCUT2D eigenvalue weighted by atomic mass is 10.1. The number of halogens is 2. The summed E-state index contributed by atoms with van der Waals surface area (Å²) < 4.78 is 1.03. The van der Waals surface area contributed by atoms with Crippen molar-refractivity contribution in [3.8, 4) is 0 Å². The molecule has 1 aromatic carbocycles. The third kappa shape index (κ3) is 2.62. The molecule has 0 amide bonds. The molecule has 1 N–H and O–H groups in total. The van der Waals surface area contributed by atoms with Crippen molar-refractivity contribution in [1.82, 2.24) is 4.98 Å². The summed E-state index contributed by atoms with van der Waals surface area (Å²) in [5.41, 5.74) is 2.07. The third-order valence-electron chi connectivity index (χ3n) is 2.88. The number of aryl methyl sites for hydroxylation is 1. The number of anilines is 1. The molecule has 0 aliphatic heterocycles. The molecule has 0 bridgehead atoms. The summed E-state index contributed by atoms with van der Waals surface area (Å²) in [6.45, 7) is 5.21. The standard InChI is InChI=1S/C14H16BrClN2/c1-3-7-17-14-9(4-2)8-10-11(15)5-6-12(16)13(10)18-14/h5-6,8H,3-4,7H2,1-2H3,(H,17,18). The average molecular weight is 328 g/mol. The van der Waals surface area contributed by atoms with Gasteiger partial charge in [0, 0.05) is 16.4 Å². The van der Waals surface area contributed by atoms with Gasteiger partial charge in [-0.25, -0.2) is 4.98 Å². The highest BCUT2D eigenvalue weighted by atomic mass is 79.9. The molecule has 2 aromatic rings. The molecule has 2 rings (SSSR count). The molecule has 0 unspecified atom stereocenters. The Bertz CT molecular complexity index is 569. The normalized spacial score (nSPS) is 10.9. The summed E-state index contributed by atoms with van der Waals surface area (Å²) in [5, 5.41) is 5.13. The van der Waals surface area contributed by atoms with Gasteiger partial charge in [-0.1, -0.05) is 41.4 Å². The highest BCUT2D eigenvalue weighted by Gasteiger charge is 2.10. The van der Waals surface area contributed by atoms with Crippen LogP contribution in [0.1, 0.15) is 25.8 Å². The highest BCUT2D eigenvalue weighted by molar-refractivity contribution is 9.10. The van der Waals surface area contributed by atoms with Gasteiger partial charge >= 0.3 is 0 Å². The van der Waals surface area contributed by atoms with E-state index in [2.05, 4.69) is 46.1 Å². The fourth-order valence-corrected chi connectivity index (χ4v) is 2.54. The second kappa shape index (κ2) is 5.89. The zero-order valence-electron chi connectivity index (χ0n) is 10.6. The smallest absolute Gasteiger partial charge is 0.129 e. The lowest BCUT2D eigenvalue weighted by Gasteiger charge is -2.12. The number of fused-ring (bicyclic) bond motifs is 1. The van der Waals surface area contributed by atoms with Gasteiger partial charge in [-0.05, 0) is 36.6 Å². The van der Waals surface area contributed by atoms with Crippen LogP contribution in [-0.4, -0.2) is 11.5 Å². The molecule has 4 heteroatoms. The summed E-state index contributed by atoms with van der Waals surface area (Å²) >= 11 is 9.77. The molecule has 18 heavy (non-hydrogen) atoms. The Morgan fingerprint density at radius 2 is 2.11 bits per heavy atom. The molecule has 2 nitrogen and oxygen atoms in total. The van der Waals surface area contributed by atoms with Gasteiger partial charge in [0.15, 0.2) is 0 Å². The zero-order chi connectivity index (χ0) is 13.1. The first-order valence-corrected chi connectivity index (χ1v) is 7.36. The third-order valence-corrected chi connectivity index (χ3v) is 3.88. The summed E-state index contributed by atoms with van der Waals surface area (Å²) in [6.07, 6.45) is 2.03. The Hall–Kier alpha value is -0.800. The summed E-state index contributed by atoms with van der Waals surface area (Å²) in [4.78, 5) is 4.67. The maximum Gasteiger partial charge on any atom is 0.129 e. The maximum atomic E-state index is 6.22. The first-order chi connectivity index (χ1) is 8.67. The van der Waals surface area contributed by atoms with E-state index in [9.17, 15) is 0 Å². The van der Waals surface area contributed by atoms with E-state index in [1.807, 2.05) is 12.1 Å². The van der Waals surface area contributed by atoms with Gasteiger partial charge in [-0.3, -0.25) is 0 Å². The van der Waals surface area contributed by atoms with Crippen LogP contribution in [0.25, 0.3) is 10.9 Å². The number of pyridine rings is 1. The first kappa shape index (κ1) is 13.6. The van der Waals surface area contributed by atoms with Crippen molar-refractivity contribution in [3.63, 3.8) is 0 Å². The molecule has 1 aromatic heterocycles. The van der Waals surface area contributed by atoms with Crippen molar-refractivity contribution in [2.24, 2.45) is 0 Å². The Morgan fingerprint density at radius 1 is 1.33 bits per heavy atom. The van der Waals surface area contributed by atoms with Crippen LogP contribution in [0.4, 0.5) is 5.82 Å². The van der Waals surface area contributed by atoms with Crippen molar-refractivity contribution in [2.45, 2.75) is 26.7 Å². The van der Waals surface area contributed by atoms with Gasteiger partial charge in [0.25, 0.3) is 0 Å². The fourth-order valence-electron chi connectivity index (χ4n) is 1.90. The van der Waals surface area contributed by atoms with Crippen LogP contribution < -0.4 is 5.32 Å². The van der Waals surface area contributed by atoms with Crippen LogP contribution in [0.5, 0.6) is 0 Å². The molecular formula is C14H16BrClN2. The van der Waals surface area contributed by atoms with Crippen LogP contribution in [0.3, 0.4) is 0 Å². The summed E-state index contributed by atoms with van der Waals surface area (Å²) in [6, 6.07) is 6.00. The van der Waals surface area contributed by atoms with Crippen molar-refractivity contribution >= 4 is 44.3 Å². The molecule has 0 atom stereocenters. The van der Waals surface area contributed by atoms with E-state index in [1.165, 1.54) is 5.56 Å². The quantitative estimate of drug-likeness (QED) is 0.851. The van der Waals surface area contributed by atoms with Gasteiger partial charge in [-0.2, -0.15) is 0 Å². The summed E-state index contributed by atoms with van der Waals surface area (Å²) in [7, 11) is 0. The van der Waals surface area contributed by atoms with Gasteiger partial charge in [0.1, 0.15) is 5.82 Å². The average Bonchev–Trinajstić information content (AvgIpc) is 2.40. The molecule has 0 radical (unpaired) electrons. The number of hydrogen-bond donors (Lipinski definition) is 1. The van der Waals surface area contributed by atoms with Crippen molar-refractivity contribution < 1.29 is 0 Å². The zero-order valence-corrected chi connectivity index (χ0v) is 12.9. The van der Waals surface area contributed by atoms with E-state index in [4.69, 9.17) is 11.6 Å². The Kier molecular flexibility index (Phi) is 4.46. The minimum absolute atomic E-state index is 0.690. The van der Waals surface area contributed by atoms with E-state index in [0.29, 0.717) is 5.02 Å². The predicted molar refractivity (Wildman–Crippen MR) is 82.6 cm³/mol. The first-order valence-electron chi connectivity index (χ1n) is 6.18. The Balaban J connectivity index is 2.61. The van der Waals surface area contributed by atoms with Gasteiger partial charge in [0.2, 0.25) is 0 Å². The highest BCUT2D eigenvalue weighted by Crippen LogP contribution is 2.31. The molecule has 0 saturated carbocycles. The van der Waals surface area contributed by atoms with Crippen LogP contribution in [0.15, 0.2) is 22.7 Å². The van der Waals surface area contributed by atoms with E-state index >= 15 is 0 Å². The number of nitrogens with one attached hydrogen (secondary N) is 1. The lowest BCUT2D eigenvalue weighted by Crippen LogP contribution is -2.05. The number of nitrogens with zero attached hydrogens (tertiary/aromatic N) is 1. The summed E-state index contributed by atoms with van der Waals surface area (Å²) in [5.74, 6) is 0.951. The monoisotopic (exact) mass is 326 g/mol.